The Kier molecular flexibility index (Phi) is 3.95. The van der Waals surface area contributed by atoms with Crippen molar-refractivity contribution in [3.8, 4) is 11.3 Å². The Morgan fingerprint density at radius 3 is 2.56 bits per heavy atom. The number of hydrogen-bond acceptors (Lipinski definition) is 4. The molecule has 5 heteroatoms. The predicted molar refractivity (Wildman–Crippen MR) is 97.3 cm³/mol. The minimum atomic E-state index is -0.846. The number of pyridine rings is 1. The summed E-state index contributed by atoms with van der Waals surface area (Å²) in [5.41, 5.74) is 2.22. The number of benzene rings is 2. The summed E-state index contributed by atoms with van der Waals surface area (Å²) in [5.74, 6) is -0.198. The Labute approximate surface area is 145 Å². The first-order valence-corrected chi connectivity index (χ1v) is 8.31. The van der Waals surface area contributed by atoms with Gasteiger partial charge in [-0.1, -0.05) is 48.5 Å². The van der Waals surface area contributed by atoms with Crippen molar-refractivity contribution in [2.45, 2.75) is 5.60 Å². The highest BCUT2D eigenvalue weighted by Crippen LogP contribution is 2.25. The lowest BCUT2D eigenvalue weighted by molar-refractivity contribution is -0.00758. The van der Waals surface area contributed by atoms with Gasteiger partial charge in [0, 0.05) is 30.6 Å². The Balaban J connectivity index is 1.72. The zero-order chi connectivity index (χ0) is 17.3. The molecule has 0 radical (unpaired) electrons. The average molecular weight is 333 g/mol. The largest absolute Gasteiger partial charge is 0.385 e. The van der Waals surface area contributed by atoms with E-state index >= 15 is 0 Å². The summed E-state index contributed by atoms with van der Waals surface area (Å²) in [4.78, 5) is 17.4. The molecule has 1 aliphatic rings. The maximum absolute atomic E-state index is 12.8. The number of carbonyl (C=O) groups is 1. The van der Waals surface area contributed by atoms with Gasteiger partial charge in [0.1, 0.15) is 5.60 Å². The van der Waals surface area contributed by atoms with Gasteiger partial charge in [-0.25, -0.2) is 4.98 Å². The molecule has 3 N–H and O–H groups in total. The third-order valence-corrected chi connectivity index (χ3v) is 4.52. The standard InChI is InChI=1S/C20H19N3O2/c24-19(22-13-20(25)11-21-12-20)16-10-18(14-6-2-1-3-7-14)23-17-9-5-4-8-15(16)17/h1-10,21,25H,11-13H2,(H,22,24). The molecule has 0 aliphatic carbocycles. The molecule has 0 spiro atoms. The van der Waals surface area contributed by atoms with Crippen LogP contribution in [0.2, 0.25) is 0 Å². The number of fused-ring (bicyclic) bond motifs is 1. The number of hydrogen-bond donors (Lipinski definition) is 3. The second kappa shape index (κ2) is 6.27. The van der Waals surface area contributed by atoms with Gasteiger partial charge in [-0.15, -0.1) is 0 Å². The van der Waals surface area contributed by atoms with Crippen molar-refractivity contribution in [1.82, 2.24) is 15.6 Å². The third-order valence-electron chi connectivity index (χ3n) is 4.52. The van der Waals surface area contributed by atoms with Crippen molar-refractivity contribution < 1.29 is 9.90 Å². The van der Waals surface area contributed by atoms with Crippen LogP contribution in [0.5, 0.6) is 0 Å². The topological polar surface area (TPSA) is 74.2 Å². The molecular weight excluding hydrogens is 314 g/mol. The monoisotopic (exact) mass is 333 g/mol. The maximum Gasteiger partial charge on any atom is 0.252 e. The van der Waals surface area contributed by atoms with Gasteiger partial charge in [-0.2, -0.15) is 0 Å². The van der Waals surface area contributed by atoms with E-state index in [4.69, 9.17) is 0 Å². The van der Waals surface area contributed by atoms with Crippen LogP contribution >= 0.6 is 0 Å². The molecule has 0 atom stereocenters. The predicted octanol–water partition coefficient (Wildman–Crippen LogP) is 1.97. The van der Waals surface area contributed by atoms with Gasteiger partial charge in [0.25, 0.3) is 5.91 Å². The SMILES string of the molecule is O=C(NCC1(O)CNC1)c1cc(-c2ccccc2)nc2ccccc12. The van der Waals surface area contributed by atoms with Crippen molar-refractivity contribution in [3.63, 3.8) is 0 Å². The number of β-amino-alcohol motifs (C(OH)–C–C–N with tert-alkyl or cyclic N) is 1. The molecule has 1 aliphatic heterocycles. The molecule has 3 aromatic rings. The van der Waals surface area contributed by atoms with E-state index in [2.05, 4.69) is 15.6 Å². The molecule has 1 fully saturated rings. The molecule has 0 saturated carbocycles. The van der Waals surface area contributed by atoms with Crippen LogP contribution in [0.15, 0.2) is 60.7 Å². The summed E-state index contributed by atoms with van der Waals surface area (Å²) in [6.07, 6.45) is 0. The molecule has 2 aromatic carbocycles. The Morgan fingerprint density at radius 2 is 1.84 bits per heavy atom. The molecule has 0 unspecified atom stereocenters. The number of para-hydroxylation sites is 1. The molecule has 0 bridgehead atoms. The number of aliphatic hydroxyl groups is 1. The van der Waals surface area contributed by atoms with E-state index in [1.165, 1.54) is 0 Å². The van der Waals surface area contributed by atoms with Gasteiger partial charge >= 0.3 is 0 Å². The quantitative estimate of drug-likeness (QED) is 0.682. The molecule has 1 amide bonds. The maximum atomic E-state index is 12.8. The molecular formula is C20H19N3O2. The van der Waals surface area contributed by atoms with Gasteiger partial charge in [-0.05, 0) is 12.1 Å². The number of nitrogens with zero attached hydrogens (tertiary/aromatic N) is 1. The lowest BCUT2D eigenvalue weighted by atomic mass is 9.97. The lowest BCUT2D eigenvalue weighted by Gasteiger charge is -2.37. The van der Waals surface area contributed by atoms with Crippen LogP contribution in [-0.2, 0) is 0 Å². The van der Waals surface area contributed by atoms with Crippen LogP contribution in [0.4, 0.5) is 0 Å². The summed E-state index contributed by atoms with van der Waals surface area (Å²) in [5, 5.41) is 16.8. The van der Waals surface area contributed by atoms with Gasteiger partial charge in [0.15, 0.2) is 0 Å². The minimum absolute atomic E-state index is 0.198. The van der Waals surface area contributed by atoms with Crippen molar-refractivity contribution in [3.05, 3.63) is 66.2 Å². The smallest absolute Gasteiger partial charge is 0.252 e. The molecule has 1 saturated heterocycles. The summed E-state index contributed by atoms with van der Waals surface area (Å²) < 4.78 is 0. The second-order valence-corrected chi connectivity index (χ2v) is 6.45. The highest BCUT2D eigenvalue weighted by molar-refractivity contribution is 6.07. The van der Waals surface area contributed by atoms with Crippen LogP contribution in [-0.4, -0.2) is 41.2 Å². The molecule has 5 nitrogen and oxygen atoms in total. The fourth-order valence-corrected chi connectivity index (χ4v) is 3.00. The summed E-state index contributed by atoms with van der Waals surface area (Å²) >= 11 is 0. The molecule has 2 heterocycles. The molecule has 1 aromatic heterocycles. The van der Waals surface area contributed by atoms with Gasteiger partial charge in [0.2, 0.25) is 0 Å². The fraction of sp³-hybridized carbons (Fsp3) is 0.200. The summed E-state index contributed by atoms with van der Waals surface area (Å²) in [7, 11) is 0. The highest BCUT2D eigenvalue weighted by Gasteiger charge is 2.34. The average Bonchev–Trinajstić information content (AvgIpc) is 2.64. The number of nitrogens with one attached hydrogen (secondary N) is 2. The van der Waals surface area contributed by atoms with Crippen molar-refractivity contribution in [2.24, 2.45) is 0 Å². The zero-order valence-electron chi connectivity index (χ0n) is 13.7. The van der Waals surface area contributed by atoms with Crippen molar-refractivity contribution >= 4 is 16.8 Å². The van der Waals surface area contributed by atoms with E-state index < -0.39 is 5.60 Å². The van der Waals surface area contributed by atoms with Gasteiger partial charge in [-0.3, -0.25) is 4.79 Å². The number of amides is 1. The van der Waals surface area contributed by atoms with Crippen LogP contribution in [0.1, 0.15) is 10.4 Å². The van der Waals surface area contributed by atoms with Gasteiger partial charge < -0.3 is 15.7 Å². The summed E-state index contributed by atoms with van der Waals surface area (Å²) in [6.45, 7) is 1.23. The molecule has 126 valence electrons. The van der Waals surface area contributed by atoms with Gasteiger partial charge in [0.05, 0.1) is 16.8 Å². The summed E-state index contributed by atoms with van der Waals surface area (Å²) in [6, 6.07) is 19.2. The molecule has 4 rings (SSSR count). The number of carbonyl (C=O) groups excluding carboxylic acids is 1. The lowest BCUT2D eigenvalue weighted by Crippen LogP contribution is -2.64. The number of aromatic nitrogens is 1. The van der Waals surface area contributed by atoms with Crippen LogP contribution < -0.4 is 10.6 Å². The number of rotatable bonds is 4. The van der Waals surface area contributed by atoms with E-state index in [9.17, 15) is 9.90 Å². The Morgan fingerprint density at radius 1 is 1.12 bits per heavy atom. The zero-order valence-corrected chi connectivity index (χ0v) is 13.7. The second-order valence-electron chi connectivity index (χ2n) is 6.45. The fourth-order valence-electron chi connectivity index (χ4n) is 3.00. The first-order valence-electron chi connectivity index (χ1n) is 8.31. The van der Waals surface area contributed by atoms with Crippen LogP contribution in [0, 0.1) is 0 Å². The van der Waals surface area contributed by atoms with E-state index in [1.807, 2.05) is 60.7 Å². The van der Waals surface area contributed by atoms with Crippen molar-refractivity contribution in [2.75, 3.05) is 19.6 Å². The van der Waals surface area contributed by atoms with E-state index in [1.54, 1.807) is 0 Å². The molecule has 25 heavy (non-hydrogen) atoms. The van der Waals surface area contributed by atoms with E-state index in [0.29, 0.717) is 18.7 Å². The first-order chi connectivity index (χ1) is 12.1. The van der Waals surface area contributed by atoms with Crippen molar-refractivity contribution in [1.29, 1.82) is 0 Å². The third kappa shape index (κ3) is 3.12. The first kappa shape index (κ1) is 15.7. The Hall–Kier alpha value is -2.76. The Bertz CT molecular complexity index is 921. The highest BCUT2D eigenvalue weighted by atomic mass is 16.3. The van der Waals surface area contributed by atoms with E-state index in [0.717, 1.165) is 22.2 Å². The van der Waals surface area contributed by atoms with Crippen LogP contribution in [0.3, 0.4) is 0 Å². The van der Waals surface area contributed by atoms with E-state index in [-0.39, 0.29) is 12.5 Å². The van der Waals surface area contributed by atoms with Crippen LogP contribution in [0.25, 0.3) is 22.2 Å². The minimum Gasteiger partial charge on any atom is -0.385 e. The normalized spacial score (nSPS) is 15.6.